The largest absolute Gasteiger partial charge is 0.480 e. The van der Waals surface area contributed by atoms with E-state index in [9.17, 15) is 19.1 Å². The second kappa shape index (κ2) is 4.36. The lowest BCUT2D eigenvalue weighted by molar-refractivity contribution is -0.144. The Morgan fingerprint density at radius 1 is 1.50 bits per heavy atom. The van der Waals surface area contributed by atoms with Crippen LogP contribution in [0.4, 0.5) is 4.39 Å². The van der Waals surface area contributed by atoms with Crippen molar-refractivity contribution in [3.05, 3.63) is 29.8 Å². The minimum Gasteiger partial charge on any atom is -0.480 e. The van der Waals surface area contributed by atoms with Crippen LogP contribution < -0.4 is 5.32 Å². The van der Waals surface area contributed by atoms with Crippen LogP contribution in [0.25, 0.3) is 0 Å². The molecule has 96 valence electrons. The van der Waals surface area contributed by atoms with E-state index < -0.39 is 23.4 Å². The first-order chi connectivity index (χ1) is 8.43. The van der Waals surface area contributed by atoms with Crippen molar-refractivity contribution in [3.8, 4) is 0 Å². The Morgan fingerprint density at radius 3 is 2.61 bits per heavy atom. The predicted molar refractivity (Wildman–Crippen MR) is 60.4 cm³/mol. The van der Waals surface area contributed by atoms with Crippen molar-refractivity contribution >= 4 is 11.9 Å². The normalized spacial score (nSPS) is 17.9. The lowest BCUT2D eigenvalue weighted by atomic mass is 9.95. The first-order valence-electron chi connectivity index (χ1n) is 5.61. The zero-order valence-corrected chi connectivity index (χ0v) is 9.81. The standard InChI is InChI=1S/C12H13FN2O3/c1-12(11(17)18,8-3-4-8)15-10(16)7-2-5-9(13)14-6-7/h2,5-6,8H,3-4H2,1H3,(H,15,16)(H,17,18). The van der Waals surface area contributed by atoms with Crippen molar-refractivity contribution in [1.82, 2.24) is 10.3 Å². The van der Waals surface area contributed by atoms with E-state index >= 15 is 0 Å². The molecule has 18 heavy (non-hydrogen) atoms. The highest BCUT2D eigenvalue weighted by molar-refractivity contribution is 5.97. The fourth-order valence-corrected chi connectivity index (χ4v) is 1.81. The summed E-state index contributed by atoms with van der Waals surface area (Å²) in [5.41, 5.74) is -1.13. The van der Waals surface area contributed by atoms with Crippen molar-refractivity contribution in [1.29, 1.82) is 0 Å². The zero-order chi connectivity index (χ0) is 13.3. The summed E-state index contributed by atoms with van der Waals surface area (Å²) < 4.78 is 12.6. The predicted octanol–water partition coefficient (Wildman–Crippen LogP) is 1.20. The van der Waals surface area contributed by atoms with E-state index in [1.165, 1.54) is 13.0 Å². The molecule has 2 N–H and O–H groups in total. The number of nitrogens with one attached hydrogen (secondary N) is 1. The fourth-order valence-electron chi connectivity index (χ4n) is 1.81. The minimum atomic E-state index is -1.27. The summed E-state index contributed by atoms with van der Waals surface area (Å²) in [5.74, 6) is -2.35. The van der Waals surface area contributed by atoms with E-state index in [1.54, 1.807) is 0 Å². The molecule has 1 aromatic rings. The lowest BCUT2D eigenvalue weighted by Gasteiger charge is -2.26. The highest BCUT2D eigenvalue weighted by Gasteiger charge is 2.48. The average Bonchev–Trinajstić information content (AvgIpc) is 3.13. The summed E-state index contributed by atoms with van der Waals surface area (Å²) >= 11 is 0. The van der Waals surface area contributed by atoms with Crippen molar-refractivity contribution in [2.45, 2.75) is 25.3 Å². The second-order valence-corrected chi connectivity index (χ2v) is 4.61. The summed E-state index contributed by atoms with van der Waals surface area (Å²) in [6.07, 6.45) is 2.65. The van der Waals surface area contributed by atoms with Crippen LogP contribution in [0, 0.1) is 11.9 Å². The summed E-state index contributed by atoms with van der Waals surface area (Å²) in [6.45, 7) is 1.49. The van der Waals surface area contributed by atoms with Gasteiger partial charge in [0.05, 0.1) is 5.56 Å². The second-order valence-electron chi connectivity index (χ2n) is 4.61. The Hall–Kier alpha value is -1.98. The number of carboxylic acids is 1. The average molecular weight is 252 g/mol. The van der Waals surface area contributed by atoms with E-state index in [4.69, 9.17) is 0 Å². The molecule has 5 nitrogen and oxygen atoms in total. The van der Waals surface area contributed by atoms with Gasteiger partial charge in [-0.15, -0.1) is 0 Å². The molecule has 6 heteroatoms. The van der Waals surface area contributed by atoms with E-state index in [0.29, 0.717) is 0 Å². The smallest absolute Gasteiger partial charge is 0.329 e. The van der Waals surface area contributed by atoms with Crippen molar-refractivity contribution in [3.63, 3.8) is 0 Å². The molecule has 0 radical (unpaired) electrons. The maximum atomic E-state index is 12.6. The molecule has 0 aromatic carbocycles. The zero-order valence-electron chi connectivity index (χ0n) is 9.81. The van der Waals surface area contributed by atoms with Gasteiger partial charge in [0.1, 0.15) is 5.54 Å². The summed E-state index contributed by atoms with van der Waals surface area (Å²) in [5, 5.41) is 11.7. The molecule has 2 rings (SSSR count). The third-order valence-corrected chi connectivity index (χ3v) is 3.20. The van der Waals surface area contributed by atoms with Gasteiger partial charge in [-0.05, 0) is 37.8 Å². The maximum Gasteiger partial charge on any atom is 0.329 e. The number of rotatable bonds is 4. The van der Waals surface area contributed by atoms with Crippen LogP contribution in [-0.4, -0.2) is 27.5 Å². The maximum absolute atomic E-state index is 12.6. The molecule has 1 saturated carbocycles. The van der Waals surface area contributed by atoms with Crippen LogP contribution in [0.3, 0.4) is 0 Å². The van der Waals surface area contributed by atoms with Crippen LogP contribution in [0.15, 0.2) is 18.3 Å². The van der Waals surface area contributed by atoms with Gasteiger partial charge in [0, 0.05) is 6.20 Å². The molecule has 1 atom stereocenters. The van der Waals surface area contributed by atoms with Crippen molar-refractivity contribution in [2.24, 2.45) is 5.92 Å². The monoisotopic (exact) mass is 252 g/mol. The van der Waals surface area contributed by atoms with E-state index in [0.717, 1.165) is 25.1 Å². The summed E-state index contributed by atoms with van der Waals surface area (Å²) in [4.78, 5) is 26.5. The van der Waals surface area contributed by atoms with E-state index in [1.807, 2.05) is 0 Å². The number of carboxylic acid groups (broad SMARTS) is 1. The number of aromatic nitrogens is 1. The quantitative estimate of drug-likeness (QED) is 0.789. The number of aliphatic carboxylic acids is 1. The van der Waals surface area contributed by atoms with Gasteiger partial charge in [-0.3, -0.25) is 4.79 Å². The molecule has 1 aliphatic carbocycles. The van der Waals surface area contributed by atoms with Gasteiger partial charge in [0.2, 0.25) is 5.95 Å². The van der Waals surface area contributed by atoms with Crippen LogP contribution in [0.5, 0.6) is 0 Å². The molecule has 1 aromatic heterocycles. The lowest BCUT2D eigenvalue weighted by Crippen LogP contribution is -2.54. The van der Waals surface area contributed by atoms with Gasteiger partial charge in [-0.25, -0.2) is 9.78 Å². The highest BCUT2D eigenvalue weighted by atomic mass is 19.1. The molecule has 0 bridgehead atoms. The van der Waals surface area contributed by atoms with E-state index in [-0.39, 0.29) is 11.5 Å². The number of nitrogens with zero attached hydrogens (tertiary/aromatic N) is 1. The van der Waals surface area contributed by atoms with Gasteiger partial charge >= 0.3 is 5.97 Å². The number of halogens is 1. The third kappa shape index (κ3) is 2.32. The number of pyridine rings is 1. The molecule has 1 heterocycles. The number of amides is 1. The van der Waals surface area contributed by atoms with Crippen molar-refractivity contribution in [2.75, 3.05) is 0 Å². The molecular weight excluding hydrogens is 239 g/mol. The number of hydrogen-bond acceptors (Lipinski definition) is 3. The SMILES string of the molecule is CC(NC(=O)c1ccc(F)nc1)(C(=O)O)C1CC1. The van der Waals surface area contributed by atoms with Gasteiger partial charge < -0.3 is 10.4 Å². The Kier molecular flexibility index (Phi) is 3.02. The van der Waals surface area contributed by atoms with Crippen LogP contribution in [-0.2, 0) is 4.79 Å². The summed E-state index contributed by atoms with van der Waals surface area (Å²) in [7, 11) is 0. The van der Waals surface area contributed by atoms with Gasteiger partial charge in [0.15, 0.2) is 0 Å². The Balaban J connectivity index is 2.15. The first-order valence-corrected chi connectivity index (χ1v) is 5.61. The molecule has 1 aliphatic rings. The van der Waals surface area contributed by atoms with Crippen LogP contribution in [0.2, 0.25) is 0 Å². The third-order valence-electron chi connectivity index (χ3n) is 3.20. The number of carbonyl (C=O) groups is 2. The number of hydrogen-bond donors (Lipinski definition) is 2. The molecule has 0 saturated heterocycles. The topological polar surface area (TPSA) is 79.3 Å². The highest BCUT2D eigenvalue weighted by Crippen LogP contribution is 2.39. The van der Waals surface area contributed by atoms with Crippen LogP contribution >= 0.6 is 0 Å². The van der Waals surface area contributed by atoms with Crippen molar-refractivity contribution < 1.29 is 19.1 Å². The minimum absolute atomic E-state index is 0.0487. The Labute approximate surface area is 103 Å². The molecule has 0 aliphatic heterocycles. The Morgan fingerprint density at radius 2 is 2.17 bits per heavy atom. The molecule has 1 amide bonds. The molecule has 1 fully saturated rings. The first kappa shape index (κ1) is 12.5. The number of carbonyl (C=O) groups excluding carboxylic acids is 1. The van der Waals surface area contributed by atoms with Crippen LogP contribution in [0.1, 0.15) is 30.1 Å². The van der Waals surface area contributed by atoms with Gasteiger partial charge in [-0.2, -0.15) is 4.39 Å². The summed E-state index contributed by atoms with van der Waals surface area (Å²) in [6, 6.07) is 2.33. The molecule has 0 spiro atoms. The molecular formula is C12H13FN2O3. The Bertz CT molecular complexity index is 485. The van der Waals surface area contributed by atoms with Gasteiger partial charge in [0.25, 0.3) is 5.91 Å². The molecule has 1 unspecified atom stereocenters. The van der Waals surface area contributed by atoms with Gasteiger partial charge in [-0.1, -0.05) is 0 Å². The fraction of sp³-hybridized carbons (Fsp3) is 0.417. The van der Waals surface area contributed by atoms with E-state index in [2.05, 4.69) is 10.3 Å².